The number of carbonyl (C=O) groups excluding carboxylic acids is 2. The Labute approximate surface area is 221 Å². The van der Waals surface area contributed by atoms with Gasteiger partial charge in [-0.3, -0.25) is 19.5 Å². The minimum absolute atomic E-state index is 0.0499. The Morgan fingerprint density at radius 1 is 0.861 bits per heavy atom. The second-order valence-corrected chi connectivity index (χ2v) is 12.7. The van der Waals surface area contributed by atoms with Crippen LogP contribution in [-0.4, -0.2) is 69.8 Å². The summed E-state index contributed by atoms with van der Waals surface area (Å²) in [5, 5.41) is 12.1. The summed E-state index contributed by atoms with van der Waals surface area (Å²) in [4.78, 5) is 34.1. The zero-order valence-corrected chi connectivity index (χ0v) is 22.5. The van der Waals surface area contributed by atoms with Gasteiger partial charge in [0.2, 0.25) is 5.91 Å². The number of nitrogens with zero attached hydrogens (tertiary/aromatic N) is 3. The zero-order valence-electron chi connectivity index (χ0n) is 21.8. The summed E-state index contributed by atoms with van der Waals surface area (Å²) in [6, 6.07) is 0. The van der Waals surface area contributed by atoms with E-state index in [1.54, 1.807) is 0 Å². The minimum Gasteiger partial charge on any atom is -0.379 e. The summed E-state index contributed by atoms with van der Waals surface area (Å²) in [5.74, 6) is 1.02. The lowest BCUT2D eigenvalue weighted by molar-refractivity contribution is -0.164. The van der Waals surface area contributed by atoms with Gasteiger partial charge in [0.25, 0.3) is 5.91 Å². The maximum atomic E-state index is 13.6. The SMILES string of the molecule is NC(=O)C1CCC(N2CCC(CC3CCN(C(=O)C(O)(C4CCCCC4)C4CC4)CC3)CC2)N=C1Cl. The monoisotopic (exact) mass is 520 g/mol. The summed E-state index contributed by atoms with van der Waals surface area (Å²) in [6.07, 6.45) is 14.9. The Bertz CT molecular complexity index is 827. The van der Waals surface area contributed by atoms with E-state index in [1.807, 2.05) is 4.90 Å². The Hall–Kier alpha value is -1.18. The molecule has 3 atom stereocenters. The van der Waals surface area contributed by atoms with Gasteiger partial charge in [-0.2, -0.15) is 0 Å². The van der Waals surface area contributed by atoms with Crippen molar-refractivity contribution >= 4 is 28.6 Å². The van der Waals surface area contributed by atoms with Crippen LogP contribution in [0.2, 0.25) is 0 Å². The van der Waals surface area contributed by atoms with Crippen LogP contribution in [0.4, 0.5) is 0 Å². The molecule has 0 radical (unpaired) electrons. The highest BCUT2D eigenvalue weighted by molar-refractivity contribution is 6.67. The van der Waals surface area contributed by atoms with E-state index in [0.717, 1.165) is 89.9 Å². The van der Waals surface area contributed by atoms with Crippen molar-refractivity contribution in [2.45, 2.75) is 102 Å². The van der Waals surface area contributed by atoms with Gasteiger partial charge in [0, 0.05) is 26.2 Å². The van der Waals surface area contributed by atoms with Gasteiger partial charge < -0.3 is 15.7 Å². The van der Waals surface area contributed by atoms with E-state index >= 15 is 0 Å². The third-order valence-corrected chi connectivity index (χ3v) is 10.4. The van der Waals surface area contributed by atoms with Crippen LogP contribution in [0.25, 0.3) is 0 Å². The van der Waals surface area contributed by atoms with Crippen LogP contribution >= 0.6 is 11.6 Å². The Morgan fingerprint density at radius 2 is 1.44 bits per heavy atom. The topological polar surface area (TPSA) is 99.2 Å². The molecule has 7 nitrogen and oxygen atoms in total. The van der Waals surface area contributed by atoms with Gasteiger partial charge in [-0.1, -0.05) is 30.9 Å². The molecule has 4 fully saturated rings. The van der Waals surface area contributed by atoms with E-state index < -0.39 is 11.5 Å². The van der Waals surface area contributed by atoms with Gasteiger partial charge in [0.15, 0.2) is 0 Å². The first-order valence-electron chi connectivity index (χ1n) is 14.6. The predicted molar refractivity (Wildman–Crippen MR) is 141 cm³/mol. The maximum absolute atomic E-state index is 13.6. The predicted octanol–water partition coefficient (Wildman–Crippen LogP) is 3.91. The smallest absolute Gasteiger partial charge is 0.255 e. The van der Waals surface area contributed by atoms with E-state index in [4.69, 9.17) is 17.3 Å². The molecule has 0 aromatic rings. The van der Waals surface area contributed by atoms with Gasteiger partial charge >= 0.3 is 0 Å². The van der Waals surface area contributed by atoms with E-state index in [2.05, 4.69) is 9.89 Å². The van der Waals surface area contributed by atoms with Gasteiger partial charge in [0.1, 0.15) is 16.9 Å². The van der Waals surface area contributed by atoms with E-state index in [0.29, 0.717) is 17.5 Å². The van der Waals surface area contributed by atoms with E-state index in [1.165, 1.54) is 25.7 Å². The highest BCUT2D eigenvalue weighted by Gasteiger charge is 2.55. The number of halogens is 1. The van der Waals surface area contributed by atoms with Crippen molar-refractivity contribution < 1.29 is 14.7 Å². The normalized spacial score (nSPS) is 31.6. The van der Waals surface area contributed by atoms with Crippen molar-refractivity contribution in [3.63, 3.8) is 0 Å². The van der Waals surface area contributed by atoms with Crippen LogP contribution in [0, 0.1) is 29.6 Å². The summed E-state index contributed by atoms with van der Waals surface area (Å²) in [6.45, 7) is 3.66. The number of nitrogens with two attached hydrogens (primary N) is 1. The summed E-state index contributed by atoms with van der Waals surface area (Å²) < 4.78 is 0. The van der Waals surface area contributed by atoms with Crippen LogP contribution in [0.15, 0.2) is 4.99 Å². The molecule has 202 valence electrons. The lowest BCUT2D eigenvalue weighted by atomic mass is 9.73. The first kappa shape index (κ1) is 26.4. The fraction of sp³-hybridized carbons (Fsp3) is 0.893. The summed E-state index contributed by atoms with van der Waals surface area (Å²) >= 11 is 6.25. The number of aliphatic imine (C=N–C) groups is 1. The Balaban J connectivity index is 1.07. The average molecular weight is 521 g/mol. The van der Waals surface area contributed by atoms with Crippen molar-refractivity contribution in [3.05, 3.63) is 0 Å². The molecule has 3 unspecified atom stereocenters. The zero-order chi connectivity index (χ0) is 25.3. The molecule has 2 saturated carbocycles. The van der Waals surface area contributed by atoms with Crippen LogP contribution < -0.4 is 5.73 Å². The van der Waals surface area contributed by atoms with Crippen molar-refractivity contribution in [2.75, 3.05) is 26.2 Å². The van der Waals surface area contributed by atoms with Gasteiger partial charge in [-0.25, -0.2) is 0 Å². The first-order valence-corrected chi connectivity index (χ1v) is 15.0. The number of rotatable bonds is 7. The van der Waals surface area contributed by atoms with Gasteiger partial charge in [-0.15, -0.1) is 0 Å². The standard InChI is InChI=1S/C28H45ClN4O3/c29-25-23(26(30)34)8-9-24(31-25)32-14-10-19(11-15-32)18-20-12-16-33(17-13-20)27(35)28(36,22-6-7-22)21-4-2-1-3-5-21/h19-24,36H,1-18H2,(H2,30,34). The molecule has 8 heteroatoms. The molecule has 3 N–H and O–H groups in total. The van der Waals surface area contributed by atoms with Crippen molar-refractivity contribution in [1.29, 1.82) is 0 Å². The number of hydrogen-bond donors (Lipinski definition) is 2. The third kappa shape index (κ3) is 5.63. The highest BCUT2D eigenvalue weighted by atomic mass is 35.5. The summed E-state index contributed by atoms with van der Waals surface area (Å²) in [5.41, 5.74) is 4.34. The molecule has 0 aromatic heterocycles. The van der Waals surface area contributed by atoms with Crippen molar-refractivity contribution in [3.8, 4) is 0 Å². The lowest BCUT2D eigenvalue weighted by Crippen LogP contribution is -2.57. The largest absolute Gasteiger partial charge is 0.379 e. The number of carbonyl (C=O) groups is 2. The van der Waals surface area contributed by atoms with Crippen molar-refractivity contribution in [1.82, 2.24) is 9.80 Å². The molecule has 2 amide bonds. The van der Waals surface area contributed by atoms with Crippen LogP contribution in [0.5, 0.6) is 0 Å². The molecule has 2 aliphatic carbocycles. The van der Waals surface area contributed by atoms with Crippen LogP contribution in [0.1, 0.15) is 89.9 Å². The maximum Gasteiger partial charge on any atom is 0.255 e. The lowest BCUT2D eigenvalue weighted by Gasteiger charge is -2.43. The molecular weight excluding hydrogens is 476 g/mol. The van der Waals surface area contributed by atoms with Crippen molar-refractivity contribution in [2.24, 2.45) is 40.3 Å². The number of hydrogen-bond acceptors (Lipinski definition) is 5. The number of likely N-dealkylation sites (tertiary alicyclic amines) is 2. The second-order valence-electron chi connectivity index (χ2n) is 12.3. The molecule has 2 saturated heterocycles. The fourth-order valence-electron chi connectivity index (χ4n) is 7.59. The van der Waals surface area contributed by atoms with Crippen LogP contribution in [0.3, 0.4) is 0 Å². The highest BCUT2D eigenvalue weighted by Crippen LogP contribution is 2.49. The Morgan fingerprint density at radius 3 is 2.00 bits per heavy atom. The van der Waals surface area contributed by atoms with Gasteiger partial charge in [0.05, 0.1) is 5.92 Å². The van der Waals surface area contributed by atoms with Gasteiger partial charge in [-0.05, 0) is 94.3 Å². The molecular formula is C28H45ClN4O3. The first-order chi connectivity index (χ1) is 17.4. The second kappa shape index (κ2) is 11.3. The summed E-state index contributed by atoms with van der Waals surface area (Å²) in [7, 11) is 0. The molecule has 3 aliphatic heterocycles. The number of amides is 2. The van der Waals surface area contributed by atoms with E-state index in [9.17, 15) is 14.7 Å². The quantitative estimate of drug-likeness (QED) is 0.531. The number of piperidine rings is 2. The number of primary amides is 1. The molecule has 0 aromatic carbocycles. The number of aliphatic hydroxyl groups is 1. The molecule has 5 rings (SSSR count). The average Bonchev–Trinajstić information content (AvgIpc) is 3.75. The molecule has 3 heterocycles. The Kier molecular flexibility index (Phi) is 8.28. The minimum atomic E-state index is -1.10. The third-order valence-electron chi connectivity index (χ3n) is 10.0. The molecule has 0 spiro atoms. The molecule has 36 heavy (non-hydrogen) atoms. The fourth-order valence-corrected chi connectivity index (χ4v) is 7.92. The molecule has 0 bridgehead atoms. The van der Waals surface area contributed by atoms with Crippen LogP contribution in [-0.2, 0) is 9.59 Å². The van der Waals surface area contributed by atoms with E-state index in [-0.39, 0.29) is 29.8 Å². The molecule has 5 aliphatic rings.